The molecular weight excluding hydrogens is 322 g/mol. The first-order valence-electron chi connectivity index (χ1n) is 8.33. The largest absolute Gasteiger partial charge is 0.463 e. The van der Waals surface area contributed by atoms with Crippen molar-refractivity contribution in [2.75, 3.05) is 19.8 Å². The number of fused-ring (bicyclic) bond motifs is 1. The second-order valence-electron chi connectivity index (χ2n) is 6.37. The Kier molecular flexibility index (Phi) is 4.01. The van der Waals surface area contributed by atoms with Crippen molar-refractivity contribution in [3.63, 3.8) is 0 Å². The van der Waals surface area contributed by atoms with Crippen LogP contribution in [0.3, 0.4) is 0 Å². The van der Waals surface area contributed by atoms with Gasteiger partial charge in [0.25, 0.3) is 5.91 Å². The zero-order valence-electron chi connectivity index (χ0n) is 14.1. The lowest BCUT2D eigenvalue weighted by Crippen LogP contribution is -2.43. The van der Waals surface area contributed by atoms with E-state index in [2.05, 4.69) is 10.2 Å². The molecule has 25 heavy (non-hydrogen) atoms. The molecule has 0 N–H and O–H groups in total. The van der Waals surface area contributed by atoms with Gasteiger partial charge in [-0.1, -0.05) is 32.0 Å². The number of nitrogens with zero attached hydrogens (tertiary/aromatic N) is 3. The van der Waals surface area contributed by atoms with Crippen LogP contribution in [0.5, 0.6) is 0 Å². The topological polar surface area (TPSA) is 81.6 Å². The fourth-order valence-electron chi connectivity index (χ4n) is 2.96. The number of aromatic nitrogens is 2. The Morgan fingerprint density at radius 2 is 2.12 bits per heavy atom. The van der Waals surface area contributed by atoms with Crippen molar-refractivity contribution >= 4 is 16.9 Å². The summed E-state index contributed by atoms with van der Waals surface area (Å²) in [4.78, 5) is 14.8. The number of benzene rings is 1. The molecule has 3 heterocycles. The number of rotatable bonds is 3. The van der Waals surface area contributed by atoms with Gasteiger partial charge < -0.3 is 18.5 Å². The molecule has 0 radical (unpaired) electrons. The molecule has 1 saturated heterocycles. The zero-order chi connectivity index (χ0) is 17.4. The van der Waals surface area contributed by atoms with Gasteiger partial charge >= 0.3 is 0 Å². The number of carbonyl (C=O) groups excluding carboxylic acids is 1. The van der Waals surface area contributed by atoms with Gasteiger partial charge in [0, 0.05) is 17.8 Å². The number of furan rings is 1. The van der Waals surface area contributed by atoms with Gasteiger partial charge in [0.1, 0.15) is 17.9 Å². The quantitative estimate of drug-likeness (QED) is 0.728. The molecular formula is C18H19N3O4. The van der Waals surface area contributed by atoms with Crippen LogP contribution >= 0.6 is 0 Å². The molecule has 7 nitrogen and oxygen atoms in total. The average molecular weight is 341 g/mol. The van der Waals surface area contributed by atoms with Crippen molar-refractivity contribution in [3.8, 4) is 0 Å². The van der Waals surface area contributed by atoms with Crippen molar-refractivity contribution in [1.29, 1.82) is 0 Å². The predicted octanol–water partition coefficient (Wildman–Crippen LogP) is 3.15. The van der Waals surface area contributed by atoms with Gasteiger partial charge in [-0.2, -0.15) is 0 Å². The highest BCUT2D eigenvalue weighted by atomic mass is 16.5. The number of para-hydroxylation sites is 1. The SMILES string of the molecule is CC(C)c1nnc(C2COCCN2C(=O)c2coc3ccccc23)o1. The molecule has 7 heteroatoms. The standard InChI is InChI=1S/C18H19N3O4/c1-11(2)16-19-20-17(25-16)14-10-23-8-7-21(14)18(22)13-9-24-15-6-4-3-5-12(13)15/h3-6,9,11,14H,7-8,10H2,1-2H3. The second kappa shape index (κ2) is 6.33. The van der Waals surface area contributed by atoms with Gasteiger partial charge in [0.05, 0.1) is 18.8 Å². The molecule has 1 amide bonds. The van der Waals surface area contributed by atoms with Gasteiger partial charge in [0.2, 0.25) is 11.8 Å². The lowest BCUT2D eigenvalue weighted by Gasteiger charge is -2.33. The lowest BCUT2D eigenvalue weighted by molar-refractivity contribution is -0.0107. The predicted molar refractivity (Wildman–Crippen MR) is 89.2 cm³/mol. The highest BCUT2D eigenvalue weighted by molar-refractivity contribution is 6.06. The zero-order valence-corrected chi connectivity index (χ0v) is 14.1. The minimum atomic E-state index is -0.394. The van der Waals surface area contributed by atoms with Crippen LogP contribution in [-0.4, -0.2) is 40.8 Å². The van der Waals surface area contributed by atoms with Gasteiger partial charge in [-0.05, 0) is 6.07 Å². The van der Waals surface area contributed by atoms with Crippen LogP contribution in [0.15, 0.2) is 39.4 Å². The van der Waals surface area contributed by atoms with E-state index in [1.165, 1.54) is 6.26 Å². The first kappa shape index (κ1) is 15.8. The summed E-state index contributed by atoms with van der Waals surface area (Å²) in [6, 6.07) is 7.10. The maximum absolute atomic E-state index is 13.1. The number of ether oxygens (including phenoxy) is 1. The van der Waals surface area contributed by atoms with Crippen LogP contribution in [0.4, 0.5) is 0 Å². The number of hydrogen-bond donors (Lipinski definition) is 0. The Bertz CT molecular complexity index is 899. The summed E-state index contributed by atoms with van der Waals surface area (Å²) in [5.74, 6) is 0.974. The van der Waals surface area contributed by atoms with Crippen molar-refractivity contribution in [2.24, 2.45) is 0 Å². The number of hydrogen-bond acceptors (Lipinski definition) is 6. The molecule has 4 rings (SSSR count). The van der Waals surface area contributed by atoms with Crippen LogP contribution in [0, 0.1) is 0 Å². The number of amides is 1. The van der Waals surface area contributed by atoms with Crippen molar-refractivity contribution in [1.82, 2.24) is 15.1 Å². The molecule has 1 aromatic carbocycles. The molecule has 2 aromatic heterocycles. The third kappa shape index (κ3) is 2.80. The fraction of sp³-hybridized carbons (Fsp3) is 0.389. The minimum Gasteiger partial charge on any atom is -0.463 e. The van der Waals surface area contributed by atoms with E-state index in [-0.39, 0.29) is 11.8 Å². The van der Waals surface area contributed by atoms with Gasteiger partial charge in [0.15, 0.2) is 0 Å². The minimum absolute atomic E-state index is 0.123. The maximum atomic E-state index is 13.1. The second-order valence-corrected chi connectivity index (χ2v) is 6.37. The summed E-state index contributed by atoms with van der Waals surface area (Å²) >= 11 is 0. The first-order valence-corrected chi connectivity index (χ1v) is 8.33. The van der Waals surface area contributed by atoms with Crippen LogP contribution in [0.2, 0.25) is 0 Å². The van der Waals surface area contributed by atoms with Crippen molar-refractivity contribution < 1.29 is 18.4 Å². The summed E-state index contributed by atoms with van der Waals surface area (Å²) in [6.07, 6.45) is 1.51. The first-order chi connectivity index (χ1) is 12.1. The Morgan fingerprint density at radius 3 is 2.92 bits per heavy atom. The van der Waals surface area contributed by atoms with Gasteiger partial charge in [-0.15, -0.1) is 10.2 Å². The van der Waals surface area contributed by atoms with E-state index in [1.54, 1.807) is 4.90 Å². The molecule has 1 aliphatic heterocycles. The third-order valence-electron chi connectivity index (χ3n) is 4.34. The Morgan fingerprint density at radius 1 is 1.28 bits per heavy atom. The molecule has 3 aromatic rings. The van der Waals surface area contributed by atoms with E-state index < -0.39 is 6.04 Å². The van der Waals surface area contributed by atoms with Crippen LogP contribution in [-0.2, 0) is 4.74 Å². The summed E-state index contributed by atoms with van der Waals surface area (Å²) in [7, 11) is 0. The van der Waals surface area contributed by atoms with E-state index >= 15 is 0 Å². The molecule has 0 saturated carbocycles. The molecule has 0 spiro atoms. The fourth-order valence-corrected chi connectivity index (χ4v) is 2.96. The summed E-state index contributed by atoms with van der Waals surface area (Å²) in [5.41, 5.74) is 1.22. The number of carbonyl (C=O) groups is 1. The van der Waals surface area contributed by atoms with Crippen LogP contribution in [0.1, 0.15) is 47.9 Å². The Labute approximate surface area is 144 Å². The molecule has 130 valence electrons. The normalized spacial score (nSPS) is 18.2. The Hall–Kier alpha value is -2.67. The number of morpholine rings is 1. The monoisotopic (exact) mass is 341 g/mol. The smallest absolute Gasteiger partial charge is 0.258 e. The van der Waals surface area contributed by atoms with Crippen molar-refractivity contribution in [2.45, 2.75) is 25.8 Å². The maximum Gasteiger partial charge on any atom is 0.258 e. The summed E-state index contributed by atoms with van der Waals surface area (Å²) in [6.45, 7) is 5.23. The molecule has 1 aliphatic rings. The summed E-state index contributed by atoms with van der Waals surface area (Å²) < 4.78 is 16.8. The highest BCUT2D eigenvalue weighted by Crippen LogP contribution is 2.29. The summed E-state index contributed by atoms with van der Waals surface area (Å²) in [5, 5.41) is 8.99. The molecule has 1 fully saturated rings. The molecule has 0 bridgehead atoms. The van der Waals surface area contributed by atoms with Gasteiger partial charge in [-0.3, -0.25) is 4.79 Å². The van der Waals surface area contributed by atoms with E-state index in [0.717, 1.165) is 5.39 Å². The van der Waals surface area contributed by atoms with Crippen molar-refractivity contribution in [3.05, 3.63) is 47.9 Å². The van der Waals surface area contributed by atoms with E-state index in [9.17, 15) is 4.79 Å². The van der Waals surface area contributed by atoms with E-state index in [4.69, 9.17) is 13.6 Å². The van der Waals surface area contributed by atoms with Crippen LogP contribution in [0.25, 0.3) is 11.0 Å². The van der Waals surface area contributed by atoms with E-state index in [0.29, 0.717) is 42.7 Å². The van der Waals surface area contributed by atoms with E-state index in [1.807, 2.05) is 38.1 Å². The average Bonchev–Trinajstić information content (AvgIpc) is 3.28. The molecule has 1 atom stereocenters. The molecule has 0 aliphatic carbocycles. The molecule has 1 unspecified atom stereocenters. The van der Waals surface area contributed by atoms with Crippen LogP contribution < -0.4 is 0 Å². The third-order valence-corrected chi connectivity index (χ3v) is 4.34. The Balaban J connectivity index is 1.67. The highest BCUT2D eigenvalue weighted by Gasteiger charge is 2.34. The van der Waals surface area contributed by atoms with Gasteiger partial charge in [-0.25, -0.2) is 0 Å². The lowest BCUT2D eigenvalue weighted by atomic mass is 10.1.